The van der Waals surface area contributed by atoms with Gasteiger partial charge in [-0.1, -0.05) is 31.2 Å². The lowest BCUT2D eigenvalue weighted by atomic mass is 9.92. The molecule has 2 aromatic rings. The van der Waals surface area contributed by atoms with Crippen LogP contribution in [0.1, 0.15) is 54.1 Å². The van der Waals surface area contributed by atoms with Crippen LogP contribution < -0.4 is 11.5 Å². The second kappa shape index (κ2) is 11.3. The number of hydrogen-bond donors (Lipinski definition) is 2. The predicted octanol–water partition coefficient (Wildman–Crippen LogP) is 2.63. The summed E-state index contributed by atoms with van der Waals surface area (Å²) in [6.07, 6.45) is 6.95. The molecule has 4 rings (SSSR count). The van der Waals surface area contributed by atoms with Gasteiger partial charge in [0, 0.05) is 20.0 Å². The number of rotatable bonds is 2. The highest BCUT2D eigenvalue weighted by molar-refractivity contribution is 5.96. The molecule has 2 amide bonds. The number of primary amides is 1. The number of anilines is 1. The fraction of sp³-hybridized carbons (Fsp3) is 0.500. The first kappa shape index (κ1) is 23.4. The van der Waals surface area contributed by atoms with Crippen molar-refractivity contribution in [3.05, 3.63) is 47.2 Å². The van der Waals surface area contributed by atoms with Crippen molar-refractivity contribution in [2.75, 3.05) is 18.8 Å². The average molecular weight is 418 g/mol. The maximum Gasteiger partial charge on any atom is 0.254 e. The van der Waals surface area contributed by atoms with Crippen LogP contribution in [0.4, 0.5) is 10.2 Å². The minimum absolute atomic E-state index is 0.0696. The Morgan fingerprint density at radius 3 is 2.17 bits per heavy atom. The van der Waals surface area contributed by atoms with E-state index in [9.17, 15) is 14.0 Å². The molecule has 1 unspecified atom stereocenters. The van der Waals surface area contributed by atoms with Gasteiger partial charge in [0.2, 0.25) is 5.91 Å². The first-order valence-electron chi connectivity index (χ1n) is 10.4. The molecular formula is C22H32FN5O2. The van der Waals surface area contributed by atoms with Crippen molar-refractivity contribution in [1.29, 1.82) is 0 Å². The Kier molecular flexibility index (Phi) is 8.83. The molecular weight excluding hydrogens is 385 g/mol. The molecule has 1 aromatic carbocycles. The number of benzene rings is 1. The molecule has 1 aromatic heterocycles. The Labute approximate surface area is 177 Å². The van der Waals surface area contributed by atoms with E-state index in [0.717, 1.165) is 0 Å². The van der Waals surface area contributed by atoms with E-state index in [4.69, 9.17) is 11.5 Å². The molecule has 0 spiro atoms. The number of aryl methyl sites for hydroxylation is 3. The molecule has 2 aliphatic rings. The number of carbonyl (C=O) groups excluding carboxylic acids is 2. The van der Waals surface area contributed by atoms with Crippen LogP contribution in [0.2, 0.25) is 0 Å². The van der Waals surface area contributed by atoms with E-state index in [1.165, 1.54) is 36.6 Å². The summed E-state index contributed by atoms with van der Waals surface area (Å²) >= 11 is 0. The first-order valence-corrected chi connectivity index (χ1v) is 10.4. The van der Waals surface area contributed by atoms with Crippen molar-refractivity contribution in [1.82, 2.24) is 14.7 Å². The fourth-order valence-electron chi connectivity index (χ4n) is 3.48. The fourth-order valence-corrected chi connectivity index (χ4v) is 3.48. The van der Waals surface area contributed by atoms with E-state index in [0.29, 0.717) is 31.7 Å². The zero-order valence-electron chi connectivity index (χ0n) is 17.8. The number of nitrogen functional groups attached to an aromatic ring is 1. The van der Waals surface area contributed by atoms with Gasteiger partial charge in [0.1, 0.15) is 17.6 Å². The van der Waals surface area contributed by atoms with Gasteiger partial charge in [0.15, 0.2) is 0 Å². The topological polar surface area (TPSA) is 107 Å². The second-order valence-electron chi connectivity index (χ2n) is 7.49. The summed E-state index contributed by atoms with van der Waals surface area (Å²) in [5.41, 5.74) is 13.8. The molecule has 8 heteroatoms. The van der Waals surface area contributed by atoms with Crippen molar-refractivity contribution in [2.24, 2.45) is 12.8 Å². The Morgan fingerprint density at radius 1 is 1.20 bits per heavy atom. The van der Waals surface area contributed by atoms with Gasteiger partial charge in [0.05, 0.1) is 12.7 Å². The molecule has 1 saturated heterocycles. The van der Waals surface area contributed by atoms with Gasteiger partial charge < -0.3 is 16.4 Å². The summed E-state index contributed by atoms with van der Waals surface area (Å²) in [6.45, 7) is 2.72. The van der Waals surface area contributed by atoms with Crippen LogP contribution in [0.15, 0.2) is 30.5 Å². The number of alkyl halides is 1. The van der Waals surface area contributed by atoms with Crippen LogP contribution >= 0.6 is 0 Å². The highest BCUT2D eigenvalue weighted by Gasteiger charge is 2.24. The summed E-state index contributed by atoms with van der Waals surface area (Å²) < 4.78 is 13.9. The van der Waals surface area contributed by atoms with Crippen molar-refractivity contribution < 1.29 is 14.0 Å². The van der Waals surface area contributed by atoms with E-state index < -0.39 is 12.1 Å². The molecule has 0 bridgehead atoms. The zero-order chi connectivity index (χ0) is 22.1. The molecule has 7 nitrogen and oxygen atoms in total. The van der Waals surface area contributed by atoms with Crippen LogP contribution in [0.5, 0.6) is 0 Å². The predicted molar refractivity (Wildman–Crippen MR) is 116 cm³/mol. The van der Waals surface area contributed by atoms with Gasteiger partial charge >= 0.3 is 0 Å². The van der Waals surface area contributed by atoms with Crippen molar-refractivity contribution in [3.8, 4) is 0 Å². The summed E-state index contributed by atoms with van der Waals surface area (Å²) in [7, 11) is 1.64. The lowest BCUT2D eigenvalue weighted by Gasteiger charge is -2.13. The third-order valence-corrected chi connectivity index (χ3v) is 5.30. The third kappa shape index (κ3) is 6.57. The van der Waals surface area contributed by atoms with E-state index >= 15 is 0 Å². The molecule has 30 heavy (non-hydrogen) atoms. The van der Waals surface area contributed by atoms with Crippen molar-refractivity contribution in [3.63, 3.8) is 0 Å². The lowest BCUT2D eigenvalue weighted by molar-refractivity contribution is -0.129. The Bertz CT molecular complexity index is 827. The SMILES string of the molecule is CCC(=O)N1CCC(F)C1.Cn1ncc(C(N)=O)c1N.c1ccc2c(c1)CCCC2. The molecule has 1 aliphatic carbocycles. The molecule has 1 aliphatic heterocycles. The molecule has 2 heterocycles. The summed E-state index contributed by atoms with van der Waals surface area (Å²) in [5.74, 6) is -0.182. The number of amides is 2. The summed E-state index contributed by atoms with van der Waals surface area (Å²) in [6, 6.07) is 8.80. The number of likely N-dealkylation sites (tertiary alicyclic amines) is 1. The number of nitrogens with zero attached hydrogens (tertiary/aromatic N) is 3. The third-order valence-electron chi connectivity index (χ3n) is 5.30. The van der Waals surface area contributed by atoms with E-state index in [2.05, 4.69) is 29.4 Å². The molecule has 0 saturated carbocycles. The normalized spacial score (nSPS) is 17.2. The smallest absolute Gasteiger partial charge is 0.254 e. The van der Waals surface area contributed by atoms with Crippen molar-refractivity contribution >= 4 is 17.6 Å². The summed E-state index contributed by atoms with van der Waals surface area (Å²) in [5, 5.41) is 3.73. The van der Waals surface area contributed by atoms with Gasteiger partial charge in [-0.15, -0.1) is 0 Å². The number of carbonyl (C=O) groups is 2. The number of nitrogens with two attached hydrogens (primary N) is 2. The molecule has 4 N–H and O–H groups in total. The van der Waals surface area contributed by atoms with Gasteiger partial charge in [-0.3, -0.25) is 14.3 Å². The Morgan fingerprint density at radius 2 is 1.80 bits per heavy atom. The maximum atomic E-state index is 12.5. The quantitative estimate of drug-likeness (QED) is 0.783. The van der Waals surface area contributed by atoms with Crippen LogP contribution in [0.3, 0.4) is 0 Å². The van der Waals surface area contributed by atoms with Crippen LogP contribution in [-0.4, -0.2) is 45.8 Å². The van der Waals surface area contributed by atoms with Gasteiger partial charge in [-0.25, -0.2) is 4.39 Å². The first-order chi connectivity index (χ1) is 14.3. The number of hydrogen-bond acceptors (Lipinski definition) is 4. The largest absolute Gasteiger partial charge is 0.383 e. The zero-order valence-corrected chi connectivity index (χ0v) is 17.8. The van der Waals surface area contributed by atoms with Crippen LogP contribution in [0, 0.1) is 0 Å². The summed E-state index contributed by atoms with van der Waals surface area (Å²) in [4.78, 5) is 23.0. The highest BCUT2D eigenvalue weighted by Crippen LogP contribution is 2.19. The Balaban J connectivity index is 0.000000160. The Hall–Kier alpha value is -2.90. The average Bonchev–Trinajstić information content (AvgIpc) is 3.34. The van der Waals surface area contributed by atoms with E-state index in [1.54, 1.807) is 30.0 Å². The number of aromatic nitrogens is 2. The highest BCUT2D eigenvalue weighted by atomic mass is 19.1. The maximum absolute atomic E-state index is 12.5. The van der Waals surface area contributed by atoms with Gasteiger partial charge in [-0.2, -0.15) is 5.10 Å². The standard InChI is InChI=1S/C10H12.C7H12FNO.C5H8N4O/c1-2-6-10-8-4-3-7-9(10)5-1;1-2-7(10)9-4-3-6(8)5-9;1-9-4(6)3(2-8-9)5(7)10/h1-2,5-6H,3-4,7-8H2;6H,2-5H2,1H3;2H,6H2,1H3,(H2,7,10). The monoisotopic (exact) mass is 417 g/mol. The number of halogens is 1. The molecule has 0 radical (unpaired) electrons. The van der Waals surface area contributed by atoms with E-state index in [1.807, 2.05) is 0 Å². The van der Waals surface area contributed by atoms with Crippen LogP contribution in [0.25, 0.3) is 0 Å². The van der Waals surface area contributed by atoms with Crippen LogP contribution in [-0.2, 0) is 24.7 Å². The van der Waals surface area contributed by atoms with E-state index in [-0.39, 0.29) is 11.5 Å². The van der Waals surface area contributed by atoms with Gasteiger partial charge in [0.25, 0.3) is 5.91 Å². The molecule has 1 fully saturated rings. The van der Waals surface area contributed by atoms with Gasteiger partial charge in [-0.05, 0) is 43.2 Å². The minimum atomic E-state index is -0.782. The molecule has 1 atom stereocenters. The molecule has 164 valence electrons. The number of fused-ring (bicyclic) bond motifs is 1. The second-order valence-corrected chi connectivity index (χ2v) is 7.49. The lowest BCUT2D eigenvalue weighted by Crippen LogP contribution is -2.27. The van der Waals surface area contributed by atoms with Crippen molar-refractivity contribution in [2.45, 2.75) is 51.6 Å². The minimum Gasteiger partial charge on any atom is -0.383 e.